The third-order valence-corrected chi connectivity index (χ3v) is 5.45. The van der Waals surface area contributed by atoms with Gasteiger partial charge in [-0.3, -0.25) is 4.79 Å². The fourth-order valence-corrected chi connectivity index (χ4v) is 3.59. The molecule has 2 N–H and O–H groups in total. The summed E-state index contributed by atoms with van der Waals surface area (Å²) in [7, 11) is 0. The van der Waals surface area contributed by atoms with E-state index in [0.717, 1.165) is 19.4 Å². The molecule has 0 aromatic heterocycles. The maximum Gasteiger partial charge on any atom is 0.234 e. The minimum atomic E-state index is 0.137. The predicted molar refractivity (Wildman–Crippen MR) is 80.1 cm³/mol. The molecule has 1 aliphatic rings. The van der Waals surface area contributed by atoms with E-state index in [2.05, 4.69) is 30.7 Å². The summed E-state index contributed by atoms with van der Waals surface area (Å²) in [4.78, 5) is 11.8. The Labute approximate surface area is 116 Å². The molecule has 1 saturated carbocycles. The lowest BCUT2D eigenvalue weighted by Gasteiger charge is -2.27. The summed E-state index contributed by atoms with van der Waals surface area (Å²) in [6, 6.07) is 0.334. The van der Waals surface area contributed by atoms with E-state index in [9.17, 15) is 4.79 Å². The highest BCUT2D eigenvalue weighted by molar-refractivity contribution is 8.00. The van der Waals surface area contributed by atoms with Crippen molar-refractivity contribution < 1.29 is 4.79 Å². The number of hydrogen-bond acceptors (Lipinski definition) is 3. The van der Waals surface area contributed by atoms with Crippen molar-refractivity contribution in [2.75, 3.05) is 19.3 Å². The first kappa shape index (κ1) is 15.8. The summed E-state index contributed by atoms with van der Waals surface area (Å²) in [5, 5.41) is 6.40. The molecule has 0 unspecified atom stereocenters. The number of carbonyl (C=O) groups is 1. The van der Waals surface area contributed by atoms with Gasteiger partial charge in [0.2, 0.25) is 5.91 Å². The van der Waals surface area contributed by atoms with Gasteiger partial charge in [-0.05, 0) is 31.9 Å². The Morgan fingerprint density at radius 1 is 1.28 bits per heavy atom. The Balaban J connectivity index is 2.22. The third kappa shape index (κ3) is 4.81. The van der Waals surface area contributed by atoms with Crippen molar-refractivity contribution in [1.29, 1.82) is 0 Å². The molecule has 0 atom stereocenters. The van der Waals surface area contributed by atoms with Crippen molar-refractivity contribution in [3.8, 4) is 0 Å². The van der Waals surface area contributed by atoms with Crippen molar-refractivity contribution >= 4 is 17.7 Å². The molecule has 0 saturated heterocycles. The van der Waals surface area contributed by atoms with Crippen LogP contribution >= 0.6 is 11.8 Å². The minimum absolute atomic E-state index is 0.137. The van der Waals surface area contributed by atoms with Gasteiger partial charge in [0.1, 0.15) is 0 Å². The summed E-state index contributed by atoms with van der Waals surface area (Å²) in [5.41, 5.74) is 0. The average molecular weight is 272 g/mol. The fraction of sp³-hybridized carbons (Fsp3) is 0.929. The van der Waals surface area contributed by atoms with E-state index in [-0.39, 0.29) is 5.91 Å². The molecular formula is C14H28N2OS. The first-order valence-corrected chi connectivity index (χ1v) is 8.43. The van der Waals surface area contributed by atoms with Gasteiger partial charge in [-0.1, -0.05) is 26.7 Å². The van der Waals surface area contributed by atoms with Gasteiger partial charge in [-0.2, -0.15) is 11.8 Å². The van der Waals surface area contributed by atoms with E-state index >= 15 is 0 Å². The highest BCUT2D eigenvalue weighted by atomic mass is 32.2. The molecule has 106 valence electrons. The van der Waals surface area contributed by atoms with Crippen LogP contribution in [0.3, 0.4) is 0 Å². The number of nitrogens with one attached hydrogen (secondary N) is 2. The van der Waals surface area contributed by atoms with Crippen molar-refractivity contribution in [3.63, 3.8) is 0 Å². The van der Waals surface area contributed by atoms with Crippen LogP contribution in [-0.2, 0) is 4.79 Å². The molecule has 0 spiro atoms. The molecule has 18 heavy (non-hydrogen) atoms. The second-order valence-corrected chi connectivity index (χ2v) is 6.55. The average Bonchev–Trinajstić information content (AvgIpc) is 2.85. The van der Waals surface area contributed by atoms with Crippen molar-refractivity contribution in [1.82, 2.24) is 10.6 Å². The first-order valence-electron chi connectivity index (χ1n) is 7.21. The molecule has 1 amide bonds. The number of rotatable bonds is 8. The number of thioether (sulfide) groups is 1. The summed E-state index contributed by atoms with van der Waals surface area (Å²) in [6.45, 7) is 5.65. The zero-order chi connectivity index (χ0) is 13.4. The quantitative estimate of drug-likeness (QED) is 0.713. The van der Waals surface area contributed by atoms with Gasteiger partial charge in [0, 0.05) is 17.3 Å². The Morgan fingerprint density at radius 3 is 2.39 bits per heavy atom. The summed E-state index contributed by atoms with van der Waals surface area (Å²) >= 11 is 1.96. The Morgan fingerprint density at radius 2 is 1.89 bits per heavy atom. The molecule has 0 bridgehead atoms. The Hall–Kier alpha value is -0.220. The highest BCUT2D eigenvalue weighted by Gasteiger charge is 2.32. The van der Waals surface area contributed by atoms with Crippen LogP contribution in [0.15, 0.2) is 0 Å². The van der Waals surface area contributed by atoms with Gasteiger partial charge in [0.15, 0.2) is 0 Å². The van der Waals surface area contributed by atoms with E-state index in [1.807, 2.05) is 11.8 Å². The lowest BCUT2D eigenvalue weighted by molar-refractivity contribution is -0.121. The van der Waals surface area contributed by atoms with Crippen LogP contribution in [0.25, 0.3) is 0 Å². The van der Waals surface area contributed by atoms with Gasteiger partial charge < -0.3 is 10.6 Å². The third-order valence-electron chi connectivity index (χ3n) is 4.03. The van der Waals surface area contributed by atoms with E-state index in [1.54, 1.807) is 0 Å². The smallest absolute Gasteiger partial charge is 0.234 e. The largest absolute Gasteiger partial charge is 0.352 e. The van der Waals surface area contributed by atoms with E-state index in [0.29, 0.717) is 17.3 Å². The highest BCUT2D eigenvalue weighted by Crippen LogP contribution is 2.39. The zero-order valence-electron chi connectivity index (χ0n) is 12.1. The molecule has 0 aliphatic heterocycles. The Bertz CT molecular complexity index is 248. The van der Waals surface area contributed by atoms with Crippen molar-refractivity contribution in [3.05, 3.63) is 0 Å². The number of hydrogen-bond donors (Lipinski definition) is 2. The zero-order valence-corrected chi connectivity index (χ0v) is 12.9. The van der Waals surface area contributed by atoms with Crippen LogP contribution in [0.5, 0.6) is 0 Å². The van der Waals surface area contributed by atoms with Gasteiger partial charge in [-0.15, -0.1) is 0 Å². The SMILES string of the molecule is CCC(CC)NC(=O)CNCC1(SC)CCCC1. The minimum Gasteiger partial charge on any atom is -0.352 e. The van der Waals surface area contributed by atoms with Crippen LogP contribution in [0.2, 0.25) is 0 Å². The second-order valence-electron chi connectivity index (χ2n) is 5.28. The monoisotopic (exact) mass is 272 g/mol. The van der Waals surface area contributed by atoms with Gasteiger partial charge in [0.05, 0.1) is 6.54 Å². The van der Waals surface area contributed by atoms with Crippen molar-refractivity contribution in [2.24, 2.45) is 0 Å². The molecule has 4 heteroatoms. The maximum atomic E-state index is 11.8. The second kappa shape index (κ2) is 8.05. The van der Waals surface area contributed by atoms with Crippen LogP contribution in [0, 0.1) is 0 Å². The summed E-state index contributed by atoms with van der Waals surface area (Å²) in [6.07, 6.45) is 9.46. The molecule has 0 heterocycles. The maximum absolute atomic E-state index is 11.8. The fourth-order valence-electron chi connectivity index (χ4n) is 2.65. The van der Waals surface area contributed by atoms with Crippen LogP contribution in [0.4, 0.5) is 0 Å². The lowest BCUT2D eigenvalue weighted by atomic mass is 10.1. The predicted octanol–water partition coefficient (Wildman–Crippen LogP) is 2.56. The molecule has 3 nitrogen and oxygen atoms in total. The molecule has 1 fully saturated rings. The van der Waals surface area contributed by atoms with E-state index < -0.39 is 0 Å². The number of amides is 1. The molecule has 0 radical (unpaired) electrons. The standard InChI is InChI=1S/C14H28N2OS/c1-4-12(5-2)16-13(17)10-15-11-14(18-3)8-6-7-9-14/h12,15H,4-11H2,1-3H3,(H,16,17). The topological polar surface area (TPSA) is 41.1 Å². The molecule has 0 aromatic carbocycles. The first-order chi connectivity index (χ1) is 8.65. The van der Waals surface area contributed by atoms with Gasteiger partial charge in [0.25, 0.3) is 0 Å². The van der Waals surface area contributed by atoms with E-state index in [4.69, 9.17) is 0 Å². The molecule has 1 rings (SSSR count). The van der Waals surface area contributed by atoms with Crippen molar-refractivity contribution in [2.45, 2.75) is 63.2 Å². The lowest BCUT2D eigenvalue weighted by Crippen LogP contribution is -2.43. The van der Waals surface area contributed by atoms with Crippen LogP contribution in [0.1, 0.15) is 52.4 Å². The van der Waals surface area contributed by atoms with E-state index in [1.165, 1.54) is 25.7 Å². The normalized spacial score (nSPS) is 18.2. The Kier molecular flexibility index (Phi) is 7.08. The van der Waals surface area contributed by atoms with Gasteiger partial charge in [-0.25, -0.2) is 0 Å². The van der Waals surface area contributed by atoms with Gasteiger partial charge >= 0.3 is 0 Å². The molecule has 1 aliphatic carbocycles. The summed E-state index contributed by atoms with van der Waals surface area (Å²) < 4.78 is 0.384. The summed E-state index contributed by atoms with van der Waals surface area (Å²) in [5.74, 6) is 0.137. The molecular weight excluding hydrogens is 244 g/mol. The molecule has 0 aromatic rings. The number of carbonyl (C=O) groups excluding carboxylic acids is 1. The van der Waals surface area contributed by atoms with Crippen LogP contribution in [-0.4, -0.2) is 36.0 Å². The van der Waals surface area contributed by atoms with Crippen LogP contribution < -0.4 is 10.6 Å².